The Balaban J connectivity index is 1.81. The molecule has 0 spiro atoms. The molecule has 1 aliphatic heterocycles. The van der Waals surface area contributed by atoms with Crippen molar-refractivity contribution in [1.29, 1.82) is 0 Å². The van der Waals surface area contributed by atoms with Crippen LogP contribution in [-0.4, -0.2) is 36.1 Å². The van der Waals surface area contributed by atoms with E-state index in [1.807, 2.05) is 31.2 Å². The molecule has 1 N–H and O–H groups in total. The van der Waals surface area contributed by atoms with Gasteiger partial charge in [-0.1, -0.05) is 29.8 Å². The minimum Gasteiger partial charge on any atom is -0.336 e. The third kappa shape index (κ3) is 2.84. The highest BCUT2D eigenvalue weighted by molar-refractivity contribution is 5.86. The van der Waals surface area contributed by atoms with Crippen molar-refractivity contribution in [1.82, 2.24) is 10.2 Å². The lowest BCUT2D eigenvalue weighted by molar-refractivity contribution is -0.200. The molecular weight excluding hydrogens is 305 g/mol. The zero-order valence-corrected chi connectivity index (χ0v) is 13.3. The predicted molar refractivity (Wildman–Crippen MR) is 80.8 cm³/mol. The van der Waals surface area contributed by atoms with Crippen molar-refractivity contribution in [3.8, 4) is 0 Å². The second kappa shape index (κ2) is 5.51. The van der Waals surface area contributed by atoms with Crippen molar-refractivity contribution in [2.75, 3.05) is 13.1 Å². The fraction of sp³-hybridized carbons (Fsp3) is 0.588. The fourth-order valence-corrected chi connectivity index (χ4v) is 3.28. The molecule has 23 heavy (non-hydrogen) atoms. The van der Waals surface area contributed by atoms with E-state index in [1.54, 1.807) is 6.92 Å². The van der Waals surface area contributed by atoms with Crippen LogP contribution >= 0.6 is 0 Å². The lowest BCUT2D eigenvalue weighted by Gasteiger charge is -2.41. The Kier molecular flexibility index (Phi) is 3.91. The van der Waals surface area contributed by atoms with Crippen LogP contribution in [0.25, 0.3) is 0 Å². The number of rotatable bonds is 2. The SMILES string of the molecule is Cc1cccc(C2CN(C(=O)C3(C(F)(F)F)CC3)[C@H](C)CN2)c1. The summed E-state index contributed by atoms with van der Waals surface area (Å²) in [6.45, 7) is 4.55. The Hall–Kier alpha value is -1.56. The van der Waals surface area contributed by atoms with Crippen LogP contribution < -0.4 is 5.32 Å². The highest BCUT2D eigenvalue weighted by Gasteiger charge is 2.69. The van der Waals surface area contributed by atoms with Gasteiger partial charge in [0.2, 0.25) is 5.91 Å². The lowest BCUT2D eigenvalue weighted by atomic mass is 9.97. The Morgan fingerprint density at radius 2 is 2.04 bits per heavy atom. The molecule has 1 unspecified atom stereocenters. The number of aryl methyl sites for hydroxylation is 1. The van der Waals surface area contributed by atoms with Crippen molar-refractivity contribution in [2.45, 2.75) is 44.9 Å². The van der Waals surface area contributed by atoms with Gasteiger partial charge in [0, 0.05) is 25.2 Å². The number of hydrogen-bond acceptors (Lipinski definition) is 2. The molecular formula is C17H21F3N2O. The molecule has 1 aliphatic carbocycles. The van der Waals surface area contributed by atoms with Crippen LogP contribution in [0.1, 0.15) is 36.9 Å². The minimum atomic E-state index is -4.45. The molecule has 3 nitrogen and oxygen atoms in total. The average Bonchev–Trinajstić information content (AvgIpc) is 3.28. The standard InChI is InChI=1S/C17H21F3N2O/c1-11-4-3-5-13(8-11)14-10-22(12(2)9-21-14)15(23)16(6-7-16)17(18,19)20/h3-5,8,12,14,21H,6-7,9-10H2,1-2H3/t12-,14?/m1/s1. The maximum Gasteiger partial charge on any atom is 0.403 e. The normalized spacial score (nSPS) is 26.9. The van der Waals surface area contributed by atoms with Gasteiger partial charge in [-0.2, -0.15) is 13.2 Å². The number of alkyl halides is 3. The highest BCUT2D eigenvalue weighted by Crippen LogP contribution is 2.59. The molecule has 1 aromatic rings. The first-order valence-corrected chi connectivity index (χ1v) is 7.92. The summed E-state index contributed by atoms with van der Waals surface area (Å²) in [6.07, 6.45) is -4.62. The summed E-state index contributed by atoms with van der Waals surface area (Å²) in [5, 5.41) is 3.33. The van der Waals surface area contributed by atoms with Crippen LogP contribution in [0, 0.1) is 12.3 Å². The molecule has 3 rings (SSSR count). The monoisotopic (exact) mass is 326 g/mol. The first-order valence-electron chi connectivity index (χ1n) is 7.92. The van der Waals surface area contributed by atoms with Crippen LogP contribution in [0.5, 0.6) is 0 Å². The molecule has 1 heterocycles. The molecule has 0 radical (unpaired) electrons. The van der Waals surface area contributed by atoms with Gasteiger partial charge in [0.15, 0.2) is 0 Å². The van der Waals surface area contributed by atoms with Gasteiger partial charge in [-0.05, 0) is 32.3 Å². The third-order valence-electron chi connectivity index (χ3n) is 4.98. The zero-order valence-electron chi connectivity index (χ0n) is 13.3. The first kappa shape index (κ1) is 16.3. The molecule has 2 aliphatic rings. The van der Waals surface area contributed by atoms with E-state index in [1.165, 1.54) is 4.90 Å². The Labute approximate surface area is 133 Å². The second-order valence-corrected chi connectivity index (χ2v) is 6.76. The fourth-order valence-electron chi connectivity index (χ4n) is 3.28. The number of nitrogens with one attached hydrogen (secondary N) is 1. The number of piperazine rings is 1. The van der Waals surface area contributed by atoms with Gasteiger partial charge >= 0.3 is 6.18 Å². The predicted octanol–water partition coefficient (Wildman–Crippen LogP) is 3.20. The van der Waals surface area contributed by atoms with E-state index in [0.717, 1.165) is 11.1 Å². The van der Waals surface area contributed by atoms with Crippen LogP contribution in [0.4, 0.5) is 13.2 Å². The molecule has 2 atom stereocenters. The van der Waals surface area contributed by atoms with Gasteiger partial charge in [0.1, 0.15) is 5.41 Å². The lowest BCUT2D eigenvalue weighted by Crippen LogP contribution is -2.57. The van der Waals surface area contributed by atoms with E-state index in [0.29, 0.717) is 6.54 Å². The van der Waals surface area contributed by atoms with Gasteiger partial charge in [-0.15, -0.1) is 0 Å². The van der Waals surface area contributed by atoms with Gasteiger partial charge in [0.25, 0.3) is 0 Å². The summed E-state index contributed by atoms with van der Waals surface area (Å²) >= 11 is 0. The Morgan fingerprint density at radius 3 is 2.61 bits per heavy atom. The van der Waals surface area contributed by atoms with E-state index in [4.69, 9.17) is 0 Å². The smallest absolute Gasteiger partial charge is 0.336 e. The molecule has 2 fully saturated rings. The maximum atomic E-state index is 13.2. The number of carbonyl (C=O) groups excluding carboxylic acids is 1. The van der Waals surface area contributed by atoms with Crippen molar-refractivity contribution >= 4 is 5.91 Å². The Bertz CT molecular complexity index is 610. The number of benzene rings is 1. The van der Waals surface area contributed by atoms with Gasteiger partial charge in [-0.3, -0.25) is 4.79 Å². The van der Waals surface area contributed by atoms with E-state index in [9.17, 15) is 18.0 Å². The first-order chi connectivity index (χ1) is 10.7. The van der Waals surface area contributed by atoms with Gasteiger partial charge in [0.05, 0.1) is 0 Å². The van der Waals surface area contributed by atoms with Gasteiger partial charge in [-0.25, -0.2) is 0 Å². The van der Waals surface area contributed by atoms with Crippen molar-refractivity contribution in [3.63, 3.8) is 0 Å². The number of carbonyl (C=O) groups is 1. The highest BCUT2D eigenvalue weighted by atomic mass is 19.4. The molecule has 6 heteroatoms. The average molecular weight is 326 g/mol. The van der Waals surface area contributed by atoms with E-state index in [2.05, 4.69) is 5.32 Å². The summed E-state index contributed by atoms with van der Waals surface area (Å²) in [5.41, 5.74) is -0.0308. The second-order valence-electron chi connectivity index (χ2n) is 6.76. The molecule has 126 valence electrons. The van der Waals surface area contributed by atoms with Crippen LogP contribution in [0.15, 0.2) is 24.3 Å². The number of hydrogen-bond donors (Lipinski definition) is 1. The summed E-state index contributed by atoms with van der Waals surface area (Å²) in [5.74, 6) is -0.753. The Morgan fingerprint density at radius 1 is 1.35 bits per heavy atom. The summed E-state index contributed by atoms with van der Waals surface area (Å²) in [7, 11) is 0. The van der Waals surface area contributed by atoms with Crippen LogP contribution in [0.3, 0.4) is 0 Å². The third-order valence-corrected chi connectivity index (χ3v) is 4.98. The molecule has 0 bridgehead atoms. The van der Waals surface area contributed by atoms with Crippen molar-refractivity contribution in [3.05, 3.63) is 35.4 Å². The van der Waals surface area contributed by atoms with Crippen molar-refractivity contribution < 1.29 is 18.0 Å². The summed E-state index contributed by atoms with van der Waals surface area (Å²) in [4.78, 5) is 14.0. The molecule has 1 saturated heterocycles. The molecule has 1 amide bonds. The maximum absolute atomic E-state index is 13.2. The largest absolute Gasteiger partial charge is 0.403 e. The minimum absolute atomic E-state index is 0.0822. The number of halogens is 3. The molecule has 1 aromatic carbocycles. The quantitative estimate of drug-likeness (QED) is 0.905. The molecule has 1 saturated carbocycles. The number of amides is 1. The van der Waals surface area contributed by atoms with E-state index >= 15 is 0 Å². The van der Waals surface area contributed by atoms with E-state index in [-0.39, 0.29) is 31.5 Å². The molecule has 0 aromatic heterocycles. The van der Waals surface area contributed by atoms with Gasteiger partial charge < -0.3 is 10.2 Å². The number of nitrogens with zero attached hydrogens (tertiary/aromatic N) is 1. The topological polar surface area (TPSA) is 32.3 Å². The van der Waals surface area contributed by atoms with E-state index < -0.39 is 17.5 Å². The van der Waals surface area contributed by atoms with Crippen molar-refractivity contribution in [2.24, 2.45) is 5.41 Å². The van der Waals surface area contributed by atoms with Crippen LogP contribution in [-0.2, 0) is 4.79 Å². The summed E-state index contributed by atoms with van der Waals surface area (Å²) < 4.78 is 39.7. The van der Waals surface area contributed by atoms with Crippen LogP contribution in [0.2, 0.25) is 0 Å². The summed E-state index contributed by atoms with van der Waals surface area (Å²) in [6, 6.07) is 7.49. The zero-order chi connectivity index (χ0) is 16.8.